The number of aromatic nitrogens is 2. The van der Waals surface area contributed by atoms with Crippen LogP contribution in [0, 0.1) is 5.82 Å². The first-order valence-electron chi connectivity index (χ1n) is 7.37. The summed E-state index contributed by atoms with van der Waals surface area (Å²) < 4.78 is 15.6. The van der Waals surface area contributed by atoms with Crippen molar-refractivity contribution in [3.05, 3.63) is 29.3 Å². The number of fused-ring (bicyclic) bond motifs is 1. The van der Waals surface area contributed by atoms with E-state index in [4.69, 9.17) is 11.6 Å². The van der Waals surface area contributed by atoms with Crippen molar-refractivity contribution in [2.24, 2.45) is 0 Å². The van der Waals surface area contributed by atoms with E-state index in [0.717, 1.165) is 32.2 Å². The summed E-state index contributed by atoms with van der Waals surface area (Å²) in [5, 5.41) is 13.8. The summed E-state index contributed by atoms with van der Waals surface area (Å²) in [6, 6.07) is 3.05. The molecule has 0 amide bonds. The van der Waals surface area contributed by atoms with Crippen molar-refractivity contribution >= 4 is 22.6 Å². The molecule has 2 aromatic rings. The van der Waals surface area contributed by atoms with E-state index in [2.05, 4.69) is 10.3 Å². The molecule has 21 heavy (non-hydrogen) atoms. The molecule has 2 N–H and O–H groups in total. The number of aliphatic hydroxyl groups excluding tert-OH is 1. The van der Waals surface area contributed by atoms with Gasteiger partial charge >= 0.3 is 0 Å². The molecule has 1 aliphatic heterocycles. The van der Waals surface area contributed by atoms with E-state index in [1.54, 1.807) is 12.4 Å². The van der Waals surface area contributed by atoms with Crippen LogP contribution >= 0.6 is 11.6 Å². The van der Waals surface area contributed by atoms with Crippen LogP contribution in [0.25, 0.3) is 11.0 Å². The first kappa shape index (κ1) is 14.8. The van der Waals surface area contributed by atoms with Gasteiger partial charge in [-0.2, -0.15) is 0 Å². The van der Waals surface area contributed by atoms with Crippen molar-refractivity contribution in [1.29, 1.82) is 0 Å². The minimum atomic E-state index is -0.350. The Kier molecular flexibility index (Phi) is 4.42. The second kappa shape index (κ2) is 6.30. The average Bonchev–Trinajstić information content (AvgIpc) is 2.90. The molecule has 1 saturated heterocycles. The van der Waals surface area contributed by atoms with E-state index in [0.29, 0.717) is 22.6 Å². The molecule has 0 bridgehead atoms. The Bertz CT molecular complexity index is 631. The van der Waals surface area contributed by atoms with Gasteiger partial charge < -0.3 is 15.0 Å². The Morgan fingerprint density at radius 1 is 1.48 bits per heavy atom. The van der Waals surface area contributed by atoms with Gasteiger partial charge in [-0.3, -0.25) is 0 Å². The molecule has 0 radical (unpaired) electrons. The van der Waals surface area contributed by atoms with Gasteiger partial charge in [0.1, 0.15) is 5.52 Å². The van der Waals surface area contributed by atoms with E-state index in [9.17, 15) is 9.50 Å². The summed E-state index contributed by atoms with van der Waals surface area (Å²) in [4.78, 5) is 4.10. The molecule has 2 atom stereocenters. The average molecular weight is 312 g/mol. The zero-order valence-electron chi connectivity index (χ0n) is 11.7. The van der Waals surface area contributed by atoms with Crippen LogP contribution in [0.2, 0.25) is 5.02 Å². The molecular formula is C15H19ClFN3O. The number of piperidine rings is 1. The Labute approximate surface area is 127 Å². The van der Waals surface area contributed by atoms with Gasteiger partial charge in [-0.25, -0.2) is 9.37 Å². The lowest BCUT2D eigenvalue weighted by atomic mass is 9.97. The Morgan fingerprint density at radius 2 is 2.33 bits per heavy atom. The van der Waals surface area contributed by atoms with Crippen molar-refractivity contribution in [3.63, 3.8) is 0 Å². The Balaban J connectivity index is 1.67. The minimum Gasteiger partial charge on any atom is -0.392 e. The topological polar surface area (TPSA) is 50.1 Å². The quantitative estimate of drug-likeness (QED) is 0.913. The summed E-state index contributed by atoms with van der Waals surface area (Å²) in [6.45, 7) is 1.68. The number of halogens is 2. The van der Waals surface area contributed by atoms with Crippen molar-refractivity contribution in [1.82, 2.24) is 14.9 Å². The van der Waals surface area contributed by atoms with E-state index < -0.39 is 0 Å². The zero-order chi connectivity index (χ0) is 14.8. The maximum atomic E-state index is 13.7. The van der Waals surface area contributed by atoms with Crippen LogP contribution in [0.5, 0.6) is 0 Å². The lowest BCUT2D eigenvalue weighted by molar-refractivity contribution is 0.0909. The lowest BCUT2D eigenvalue weighted by Crippen LogP contribution is -2.44. The fourth-order valence-corrected chi connectivity index (χ4v) is 3.25. The van der Waals surface area contributed by atoms with Crippen molar-refractivity contribution < 1.29 is 9.50 Å². The number of aliphatic hydroxyl groups is 1. The van der Waals surface area contributed by atoms with Gasteiger partial charge in [-0.15, -0.1) is 0 Å². The lowest BCUT2D eigenvalue weighted by Gasteiger charge is -2.29. The zero-order valence-corrected chi connectivity index (χ0v) is 12.5. The van der Waals surface area contributed by atoms with Crippen LogP contribution in [0.3, 0.4) is 0 Å². The standard InChI is InChI=1S/C15H19ClFN3O/c16-10-5-6-11(17)14-15(10)20(9-19-14)8-2-3-12-13(21)4-1-7-18-12/h5-6,9,12-13,18,21H,1-4,7-8H2/t12-,13+/m1/s1. The van der Waals surface area contributed by atoms with Gasteiger partial charge in [-0.05, 0) is 44.4 Å². The van der Waals surface area contributed by atoms with Crippen molar-refractivity contribution in [3.8, 4) is 0 Å². The van der Waals surface area contributed by atoms with Crippen LogP contribution in [0.1, 0.15) is 25.7 Å². The Morgan fingerprint density at radius 3 is 3.14 bits per heavy atom. The van der Waals surface area contributed by atoms with Crippen LogP contribution in [-0.4, -0.2) is 33.3 Å². The molecule has 3 rings (SSSR count). The van der Waals surface area contributed by atoms with Gasteiger partial charge in [0.15, 0.2) is 5.82 Å². The monoisotopic (exact) mass is 311 g/mol. The molecule has 0 aliphatic carbocycles. The molecule has 0 unspecified atom stereocenters. The summed E-state index contributed by atoms with van der Waals surface area (Å²) >= 11 is 6.15. The van der Waals surface area contributed by atoms with E-state index in [1.807, 2.05) is 4.57 Å². The van der Waals surface area contributed by atoms with E-state index in [-0.39, 0.29) is 18.0 Å². The summed E-state index contributed by atoms with van der Waals surface area (Å²) in [5.74, 6) is -0.350. The fraction of sp³-hybridized carbons (Fsp3) is 0.533. The predicted octanol–water partition coefficient (Wildman–Crippen LogP) is 2.72. The smallest absolute Gasteiger partial charge is 0.151 e. The SMILES string of the molecule is O[C@H]1CCCN[C@@H]1CCCn1cnc2c(F)ccc(Cl)c21. The van der Waals surface area contributed by atoms with E-state index >= 15 is 0 Å². The van der Waals surface area contributed by atoms with Gasteiger partial charge in [0.25, 0.3) is 0 Å². The third-order valence-electron chi connectivity index (χ3n) is 4.13. The molecule has 0 saturated carbocycles. The number of nitrogens with one attached hydrogen (secondary N) is 1. The third-order valence-corrected chi connectivity index (χ3v) is 4.43. The second-order valence-electron chi connectivity index (χ2n) is 5.58. The normalized spacial score (nSPS) is 22.8. The van der Waals surface area contributed by atoms with Gasteiger partial charge in [-0.1, -0.05) is 11.6 Å². The highest BCUT2D eigenvalue weighted by Crippen LogP contribution is 2.25. The van der Waals surface area contributed by atoms with Gasteiger partial charge in [0.05, 0.1) is 23.0 Å². The molecular weight excluding hydrogens is 293 g/mol. The van der Waals surface area contributed by atoms with Crippen LogP contribution in [-0.2, 0) is 6.54 Å². The highest BCUT2D eigenvalue weighted by atomic mass is 35.5. The molecule has 1 aromatic heterocycles. The molecule has 4 nitrogen and oxygen atoms in total. The first-order valence-corrected chi connectivity index (χ1v) is 7.75. The van der Waals surface area contributed by atoms with Crippen LogP contribution < -0.4 is 5.32 Å². The molecule has 2 heterocycles. The number of aryl methyl sites for hydroxylation is 1. The molecule has 0 spiro atoms. The third kappa shape index (κ3) is 3.05. The second-order valence-corrected chi connectivity index (χ2v) is 5.98. The van der Waals surface area contributed by atoms with Crippen molar-refractivity contribution in [2.45, 2.75) is 44.4 Å². The summed E-state index contributed by atoms with van der Waals surface area (Å²) in [6.07, 6.45) is 5.02. The number of rotatable bonds is 4. The maximum absolute atomic E-state index is 13.7. The largest absolute Gasteiger partial charge is 0.392 e. The number of nitrogens with zero attached hydrogens (tertiary/aromatic N) is 2. The first-order chi connectivity index (χ1) is 10.2. The molecule has 1 fully saturated rings. The number of imidazole rings is 1. The molecule has 6 heteroatoms. The summed E-state index contributed by atoms with van der Waals surface area (Å²) in [5.41, 5.74) is 0.965. The molecule has 1 aromatic carbocycles. The fourth-order valence-electron chi connectivity index (χ4n) is 2.99. The summed E-state index contributed by atoms with van der Waals surface area (Å²) in [7, 11) is 0. The minimum absolute atomic E-state index is 0.153. The van der Waals surface area contributed by atoms with Gasteiger partial charge in [0.2, 0.25) is 0 Å². The van der Waals surface area contributed by atoms with E-state index in [1.165, 1.54) is 6.07 Å². The number of benzene rings is 1. The molecule has 114 valence electrons. The highest BCUT2D eigenvalue weighted by Gasteiger charge is 2.21. The number of hydrogen-bond donors (Lipinski definition) is 2. The Hall–Kier alpha value is -1.17. The van der Waals surface area contributed by atoms with Crippen LogP contribution in [0.15, 0.2) is 18.5 Å². The predicted molar refractivity (Wildman–Crippen MR) is 81.0 cm³/mol. The molecule has 1 aliphatic rings. The van der Waals surface area contributed by atoms with Gasteiger partial charge in [0, 0.05) is 12.6 Å². The highest BCUT2D eigenvalue weighted by molar-refractivity contribution is 6.35. The number of hydrogen-bond acceptors (Lipinski definition) is 3. The van der Waals surface area contributed by atoms with Crippen LogP contribution in [0.4, 0.5) is 4.39 Å². The van der Waals surface area contributed by atoms with Crippen molar-refractivity contribution in [2.75, 3.05) is 6.54 Å². The maximum Gasteiger partial charge on any atom is 0.151 e.